The summed E-state index contributed by atoms with van der Waals surface area (Å²) >= 11 is 1.89. The fraction of sp³-hybridized carbons (Fsp3) is 0.400. The van der Waals surface area contributed by atoms with Crippen molar-refractivity contribution >= 4 is 21.6 Å². The molecule has 2 aromatic rings. The highest BCUT2D eigenvalue weighted by Crippen LogP contribution is 2.36. The Bertz CT molecular complexity index is 473. The number of fused-ring (bicyclic) bond motifs is 3. The van der Waals surface area contributed by atoms with Gasteiger partial charge in [0, 0.05) is 4.88 Å². The molecular weight excluding hydrogens is 180 g/mol. The van der Waals surface area contributed by atoms with Crippen LogP contribution in [0.2, 0.25) is 0 Å². The fourth-order valence-corrected chi connectivity index (χ4v) is 3.29. The molecule has 0 unspecified atom stereocenters. The molecule has 0 saturated heterocycles. The molecule has 1 aliphatic rings. The highest BCUT2D eigenvalue weighted by atomic mass is 32.1. The Morgan fingerprint density at radius 3 is 3.15 bits per heavy atom. The summed E-state index contributed by atoms with van der Waals surface area (Å²) in [6, 6.07) is 0. The number of thiophene rings is 1. The summed E-state index contributed by atoms with van der Waals surface area (Å²) in [7, 11) is 0. The number of nitrogens with zero attached hydrogens (tertiary/aromatic N) is 2. The maximum absolute atomic E-state index is 4.37. The Labute approximate surface area is 80.6 Å². The van der Waals surface area contributed by atoms with Crippen LogP contribution in [0.3, 0.4) is 0 Å². The van der Waals surface area contributed by atoms with E-state index in [4.69, 9.17) is 0 Å². The summed E-state index contributed by atoms with van der Waals surface area (Å²) in [5.41, 5.74) is 3.83. The lowest BCUT2D eigenvalue weighted by molar-refractivity contribution is 0.916. The minimum Gasteiger partial charge on any atom is -0.240 e. The smallest absolute Gasteiger partial charge is 0.116 e. The van der Waals surface area contributed by atoms with E-state index in [0.29, 0.717) is 0 Å². The third kappa shape index (κ3) is 0.936. The number of hydrogen-bond acceptors (Lipinski definition) is 3. The van der Waals surface area contributed by atoms with E-state index < -0.39 is 0 Å². The zero-order valence-electron chi connectivity index (χ0n) is 7.50. The molecule has 2 nitrogen and oxygen atoms in total. The molecule has 3 heteroatoms. The van der Waals surface area contributed by atoms with Crippen LogP contribution in [-0.2, 0) is 12.8 Å². The van der Waals surface area contributed by atoms with Crippen LogP contribution in [-0.4, -0.2) is 9.97 Å². The second-order valence-corrected chi connectivity index (χ2v) is 4.60. The standard InChI is InChI=1S/C10H10N2S/c1-6-10-9(12-5-11-6)7-3-2-4-8(7)13-10/h5H,2-4H2,1H3. The number of aromatic nitrogens is 2. The van der Waals surface area contributed by atoms with Crippen LogP contribution in [0.1, 0.15) is 22.6 Å². The first kappa shape index (κ1) is 7.44. The molecule has 0 amide bonds. The van der Waals surface area contributed by atoms with E-state index >= 15 is 0 Å². The Hall–Kier alpha value is -0.960. The van der Waals surface area contributed by atoms with E-state index in [1.165, 1.54) is 35.0 Å². The van der Waals surface area contributed by atoms with E-state index in [9.17, 15) is 0 Å². The van der Waals surface area contributed by atoms with Gasteiger partial charge in [0.2, 0.25) is 0 Å². The molecule has 0 fully saturated rings. The Kier molecular flexibility index (Phi) is 1.44. The summed E-state index contributed by atoms with van der Waals surface area (Å²) in [6.45, 7) is 2.07. The van der Waals surface area contributed by atoms with Gasteiger partial charge in [-0.15, -0.1) is 11.3 Å². The Morgan fingerprint density at radius 2 is 2.23 bits per heavy atom. The van der Waals surface area contributed by atoms with Crippen LogP contribution in [0.4, 0.5) is 0 Å². The van der Waals surface area contributed by atoms with Gasteiger partial charge in [-0.1, -0.05) is 0 Å². The molecule has 0 saturated carbocycles. The normalized spacial score (nSPS) is 15.2. The van der Waals surface area contributed by atoms with Crippen molar-refractivity contribution in [1.82, 2.24) is 9.97 Å². The van der Waals surface area contributed by atoms with Gasteiger partial charge < -0.3 is 0 Å². The molecule has 0 N–H and O–H groups in total. The van der Waals surface area contributed by atoms with Crippen molar-refractivity contribution in [2.24, 2.45) is 0 Å². The van der Waals surface area contributed by atoms with Crippen LogP contribution in [0, 0.1) is 6.92 Å². The van der Waals surface area contributed by atoms with Gasteiger partial charge in [0.25, 0.3) is 0 Å². The van der Waals surface area contributed by atoms with E-state index in [1.807, 2.05) is 11.3 Å². The molecule has 0 aliphatic heterocycles. The molecule has 0 atom stereocenters. The largest absolute Gasteiger partial charge is 0.240 e. The molecule has 66 valence electrons. The lowest BCUT2D eigenvalue weighted by atomic mass is 10.2. The molecule has 2 aromatic heterocycles. The van der Waals surface area contributed by atoms with Crippen molar-refractivity contribution in [2.75, 3.05) is 0 Å². The zero-order valence-corrected chi connectivity index (χ0v) is 8.32. The Morgan fingerprint density at radius 1 is 1.31 bits per heavy atom. The molecule has 0 spiro atoms. The van der Waals surface area contributed by atoms with E-state index in [0.717, 1.165) is 5.69 Å². The Balaban J connectivity index is 2.44. The minimum absolute atomic E-state index is 1.13. The predicted molar refractivity (Wildman–Crippen MR) is 54.2 cm³/mol. The van der Waals surface area contributed by atoms with Crippen molar-refractivity contribution < 1.29 is 0 Å². The van der Waals surface area contributed by atoms with Crippen molar-refractivity contribution in [3.05, 3.63) is 22.5 Å². The topological polar surface area (TPSA) is 25.8 Å². The van der Waals surface area contributed by atoms with Gasteiger partial charge in [0.1, 0.15) is 6.33 Å². The molecule has 0 bridgehead atoms. The van der Waals surface area contributed by atoms with Gasteiger partial charge in [0.05, 0.1) is 15.9 Å². The van der Waals surface area contributed by atoms with Crippen LogP contribution >= 0.6 is 11.3 Å². The van der Waals surface area contributed by atoms with Crippen LogP contribution in [0.5, 0.6) is 0 Å². The highest BCUT2D eigenvalue weighted by Gasteiger charge is 2.19. The molecule has 0 radical (unpaired) electrons. The van der Waals surface area contributed by atoms with Gasteiger partial charge in [-0.05, 0) is 31.7 Å². The zero-order chi connectivity index (χ0) is 8.84. The minimum atomic E-state index is 1.13. The number of rotatable bonds is 0. The van der Waals surface area contributed by atoms with Crippen molar-refractivity contribution in [1.29, 1.82) is 0 Å². The van der Waals surface area contributed by atoms with Gasteiger partial charge in [-0.25, -0.2) is 9.97 Å². The first-order chi connectivity index (χ1) is 6.36. The van der Waals surface area contributed by atoms with Gasteiger partial charge >= 0.3 is 0 Å². The quantitative estimate of drug-likeness (QED) is 0.638. The van der Waals surface area contributed by atoms with E-state index in [-0.39, 0.29) is 0 Å². The SMILES string of the molecule is Cc1ncnc2c3c(sc12)CCC3. The fourth-order valence-electron chi connectivity index (χ4n) is 2.00. The summed E-state index contributed by atoms with van der Waals surface area (Å²) in [6.07, 6.45) is 5.45. The summed E-state index contributed by atoms with van der Waals surface area (Å²) in [5, 5.41) is 0. The molecule has 0 aromatic carbocycles. The second kappa shape index (κ2) is 2.51. The maximum Gasteiger partial charge on any atom is 0.116 e. The molecule has 3 rings (SSSR count). The average molecular weight is 190 g/mol. The lowest BCUT2D eigenvalue weighted by Gasteiger charge is -1.94. The monoisotopic (exact) mass is 190 g/mol. The highest BCUT2D eigenvalue weighted by molar-refractivity contribution is 7.19. The van der Waals surface area contributed by atoms with Crippen LogP contribution < -0.4 is 0 Å². The van der Waals surface area contributed by atoms with E-state index in [1.54, 1.807) is 11.2 Å². The molecular formula is C10H10N2S. The molecule has 13 heavy (non-hydrogen) atoms. The summed E-state index contributed by atoms with van der Waals surface area (Å²) in [4.78, 5) is 10.1. The van der Waals surface area contributed by atoms with Gasteiger partial charge in [0.15, 0.2) is 0 Å². The van der Waals surface area contributed by atoms with Crippen LogP contribution in [0.15, 0.2) is 6.33 Å². The lowest BCUT2D eigenvalue weighted by Crippen LogP contribution is -1.85. The maximum atomic E-state index is 4.37. The summed E-state index contributed by atoms with van der Waals surface area (Å²) in [5.74, 6) is 0. The van der Waals surface area contributed by atoms with Crippen molar-refractivity contribution in [3.63, 3.8) is 0 Å². The van der Waals surface area contributed by atoms with Crippen molar-refractivity contribution in [3.8, 4) is 0 Å². The predicted octanol–water partition coefficient (Wildman–Crippen LogP) is 2.49. The second-order valence-electron chi connectivity index (χ2n) is 3.49. The number of aryl methyl sites for hydroxylation is 3. The van der Waals surface area contributed by atoms with Crippen molar-refractivity contribution in [2.45, 2.75) is 26.2 Å². The van der Waals surface area contributed by atoms with Crippen LogP contribution in [0.25, 0.3) is 10.2 Å². The third-order valence-corrected chi connectivity index (χ3v) is 4.05. The number of hydrogen-bond donors (Lipinski definition) is 0. The molecule has 2 heterocycles. The first-order valence-corrected chi connectivity index (χ1v) is 5.40. The third-order valence-electron chi connectivity index (χ3n) is 2.66. The van der Waals surface area contributed by atoms with Gasteiger partial charge in [-0.3, -0.25) is 0 Å². The van der Waals surface area contributed by atoms with Gasteiger partial charge in [-0.2, -0.15) is 0 Å². The average Bonchev–Trinajstić information content (AvgIpc) is 2.65. The van der Waals surface area contributed by atoms with E-state index in [2.05, 4.69) is 16.9 Å². The summed E-state index contributed by atoms with van der Waals surface area (Å²) < 4.78 is 1.30. The first-order valence-electron chi connectivity index (χ1n) is 4.58. The molecule has 1 aliphatic carbocycles.